The molecule has 1 aromatic heterocycles. The van der Waals surface area contributed by atoms with Crippen molar-refractivity contribution >= 4 is 15.9 Å². The van der Waals surface area contributed by atoms with Gasteiger partial charge in [-0.05, 0) is 59.5 Å². The Morgan fingerprint density at radius 1 is 1.30 bits per heavy atom. The van der Waals surface area contributed by atoms with Gasteiger partial charge < -0.3 is 4.74 Å². The van der Waals surface area contributed by atoms with Gasteiger partial charge in [0.05, 0.1) is 18.0 Å². The van der Waals surface area contributed by atoms with Crippen molar-refractivity contribution < 1.29 is 4.74 Å². The van der Waals surface area contributed by atoms with Crippen LogP contribution in [0, 0.1) is 5.92 Å². The summed E-state index contributed by atoms with van der Waals surface area (Å²) in [5.74, 6) is 1.29. The highest BCUT2D eigenvalue weighted by Crippen LogP contribution is 2.18. The van der Waals surface area contributed by atoms with Gasteiger partial charge in [0.1, 0.15) is 10.2 Å². The van der Waals surface area contributed by atoms with Crippen LogP contribution in [0.2, 0.25) is 0 Å². The van der Waals surface area contributed by atoms with E-state index in [0.29, 0.717) is 17.0 Å². The molecule has 108 valence electrons. The minimum Gasteiger partial charge on any atom is -0.494 e. The molecule has 0 unspecified atom stereocenters. The second-order valence-electron chi connectivity index (χ2n) is 5.07. The molecule has 1 heterocycles. The predicted molar refractivity (Wildman–Crippen MR) is 83.8 cm³/mol. The van der Waals surface area contributed by atoms with Gasteiger partial charge in [0.25, 0.3) is 5.56 Å². The first-order chi connectivity index (χ1) is 9.52. The average Bonchev–Trinajstić information content (AvgIpc) is 2.68. The maximum atomic E-state index is 12.2. The van der Waals surface area contributed by atoms with Crippen LogP contribution in [0.15, 0.2) is 33.5 Å². The van der Waals surface area contributed by atoms with E-state index in [2.05, 4.69) is 34.9 Å². The van der Waals surface area contributed by atoms with E-state index in [0.717, 1.165) is 23.6 Å². The minimum atomic E-state index is -0.0650. The smallest absolute Gasteiger partial charge is 0.285 e. The molecular weight excluding hydrogens is 320 g/mol. The van der Waals surface area contributed by atoms with Crippen molar-refractivity contribution in [3.63, 3.8) is 0 Å². The van der Waals surface area contributed by atoms with Crippen LogP contribution in [0.5, 0.6) is 5.75 Å². The Bertz CT molecular complexity index is 626. The van der Waals surface area contributed by atoms with Crippen LogP contribution in [0.25, 0.3) is 5.69 Å². The summed E-state index contributed by atoms with van der Waals surface area (Å²) in [6.45, 7) is 6.82. The van der Waals surface area contributed by atoms with Crippen LogP contribution >= 0.6 is 15.9 Å². The maximum Gasteiger partial charge on any atom is 0.285 e. The third-order valence-corrected chi connectivity index (χ3v) is 3.74. The Kier molecular flexibility index (Phi) is 4.70. The third-order valence-electron chi connectivity index (χ3n) is 2.92. The van der Waals surface area contributed by atoms with Crippen LogP contribution < -0.4 is 10.3 Å². The Hall–Kier alpha value is -1.49. The van der Waals surface area contributed by atoms with Gasteiger partial charge in [0.15, 0.2) is 0 Å². The predicted octanol–water partition coefficient (Wildman–Crippen LogP) is 3.53. The number of benzene rings is 1. The van der Waals surface area contributed by atoms with E-state index in [1.165, 1.54) is 0 Å². The molecule has 0 fully saturated rings. The Balaban J connectivity index is 2.35. The first-order valence-electron chi connectivity index (χ1n) is 6.75. The SMILES string of the molecule is CCOc1ccc(-n2[nH]c(CC(C)C)c(Br)c2=O)cc1. The van der Waals surface area contributed by atoms with Crippen molar-refractivity contribution in [2.75, 3.05) is 6.61 Å². The van der Waals surface area contributed by atoms with Gasteiger partial charge in [-0.25, -0.2) is 4.68 Å². The monoisotopic (exact) mass is 338 g/mol. The van der Waals surface area contributed by atoms with E-state index in [1.807, 2.05) is 31.2 Å². The minimum absolute atomic E-state index is 0.0650. The highest BCUT2D eigenvalue weighted by Gasteiger charge is 2.13. The molecule has 0 aliphatic rings. The summed E-state index contributed by atoms with van der Waals surface area (Å²) in [6, 6.07) is 7.47. The highest BCUT2D eigenvalue weighted by atomic mass is 79.9. The lowest BCUT2D eigenvalue weighted by atomic mass is 10.1. The third kappa shape index (κ3) is 3.15. The van der Waals surface area contributed by atoms with Crippen LogP contribution in [-0.4, -0.2) is 16.4 Å². The number of hydrogen-bond acceptors (Lipinski definition) is 2. The second kappa shape index (κ2) is 6.31. The molecule has 20 heavy (non-hydrogen) atoms. The van der Waals surface area contributed by atoms with E-state index in [-0.39, 0.29) is 5.56 Å². The van der Waals surface area contributed by atoms with Crippen LogP contribution in [0.3, 0.4) is 0 Å². The van der Waals surface area contributed by atoms with Crippen molar-refractivity contribution in [3.8, 4) is 11.4 Å². The largest absolute Gasteiger partial charge is 0.494 e. The number of rotatable bonds is 5. The molecule has 0 aliphatic carbocycles. The molecule has 0 aliphatic heterocycles. The highest BCUT2D eigenvalue weighted by molar-refractivity contribution is 9.10. The standard InChI is InChI=1S/C15H19BrN2O2/c1-4-20-12-7-5-11(6-8-12)18-15(19)14(16)13(17-18)9-10(2)3/h5-8,10,17H,4,9H2,1-3H3. The van der Waals surface area contributed by atoms with E-state index in [1.54, 1.807) is 4.68 Å². The van der Waals surface area contributed by atoms with Crippen LogP contribution in [0.4, 0.5) is 0 Å². The van der Waals surface area contributed by atoms with Gasteiger partial charge in [0.2, 0.25) is 0 Å². The molecule has 4 nitrogen and oxygen atoms in total. The Morgan fingerprint density at radius 3 is 2.50 bits per heavy atom. The molecule has 0 saturated carbocycles. The van der Waals surface area contributed by atoms with E-state index >= 15 is 0 Å². The van der Waals surface area contributed by atoms with Crippen molar-refractivity contribution in [1.29, 1.82) is 0 Å². The zero-order valence-electron chi connectivity index (χ0n) is 11.9. The summed E-state index contributed by atoms with van der Waals surface area (Å²) in [4.78, 5) is 12.2. The molecule has 0 amide bonds. The van der Waals surface area contributed by atoms with Crippen LogP contribution in [0.1, 0.15) is 26.5 Å². The number of aromatic amines is 1. The fraction of sp³-hybridized carbons (Fsp3) is 0.400. The van der Waals surface area contributed by atoms with E-state index < -0.39 is 0 Å². The molecule has 0 atom stereocenters. The summed E-state index contributed by atoms with van der Waals surface area (Å²) in [5.41, 5.74) is 1.66. The first kappa shape index (κ1) is 14.9. The molecular formula is C15H19BrN2O2. The van der Waals surface area contributed by atoms with Gasteiger partial charge in [0, 0.05) is 0 Å². The Labute approximate surface area is 126 Å². The molecule has 0 spiro atoms. The van der Waals surface area contributed by atoms with Gasteiger partial charge in [-0.1, -0.05) is 13.8 Å². The van der Waals surface area contributed by atoms with Gasteiger partial charge in [-0.3, -0.25) is 9.89 Å². The number of halogens is 1. The van der Waals surface area contributed by atoms with Crippen molar-refractivity contribution in [3.05, 3.63) is 44.8 Å². The summed E-state index contributed by atoms with van der Waals surface area (Å²) in [7, 11) is 0. The summed E-state index contributed by atoms with van der Waals surface area (Å²) in [6.07, 6.45) is 0.833. The number of nitrogens with one attached hydrogen (secondary N) is 1. The van der Waals surface area contributed by atoms with Crippen LogP contribution in [-0.2, 0) is 6.42 Å². The zero-order valence-corrected chi connectivity index (χ0v) is 13.5. The average molecular weight is 339 g/mol. The maximum absolute atomic E-state index is 12.2. The molecule has 1 N–H and O–H groups in total. The number of hydrogen-bond donors (Lipinski definition) is 1. The van der Waals surface area contributed by atoms with Gasteiger partial charge >= 0.3 is 0 Å². The molecule has 5 heteroatoms. The summed E-state index contributed by atoms with van der Waals surface area (Å²) < 4.78 is 7.57. The number of ether oxygens (including phenoxy) is 1. The molecule has 1 aromatic carbocycles. The zero-order chi connectivity index (χ0) is 14.7. The van der Waals surface area contributed by atoms with Crippen molar-refractivity contribution in [2.24, 2.45) is 5.92 Å². The molecule has 0 bridgehead atoms. The number of aromatic nitrogens is 2. The number of nitrogens with zero attached hydrogens (tertiary/aromatic N) is 1. The molecule has 2 aromatic rings. The van der Waals surface area contributed by atoms with E-state index in [9.17, 15) is 4.79 Å². The van der Waals surface area contributed by atoms with Gasteiger partial charge in [-0.2, -0.15) is 0 Å². The lowest BCUT2D eigenvalue weighted by Crippen LogP contribution is -2.14. The number of H-pyrrole nitrogens is 1. The van der Waals surface area contributed by atoms with Crippen molar-refractivity contribution in [1.82, 2.24) is 9.78 Å². The summed E-state index contributed by atoms with van der Waals surface area (Å²) in [5, 5.41) is 3.17. The fourth-order valence-electron chi connectivity index (χ4n) is 2.05. The summed E-state index contributed by atoms with van der Waals surface area (Å²) >= 11 is 3.38. The quantitative estimate of drug-likeness (QED) is 0.906. The first-order valence-corrected chi connectivity index (χ1v) is 7.54. The van der Waals surface area contributed by atoms with Gasteiger partial charge in [-0.15, -0.1) is 0 Å². The molecule has 0 radical (unpaired) electrons. The Morgan fingerprint density at radius 2 is 1.95 bits per heavy atom. The fourth-order valence-corrected chi connectivity index (χ4v) is 2.47. The van der Waals surface area contributed by atoms with E-state index in [4.69, 9.17) is 4.74 Å². The lowest BCUT2D eigenvalue weighted by molar-refractivity contribution is 0.340. The topological polar surface area (TPSA) is 47.0 Å². The lowest BCUT2D eigenvalue weighted by Gasteiger charge is -2.06. The van der Waals surface area contributed by atoms with Crippen molar-refractivity contribution in [2.45, 2.75) is 27.2 Å². The molecule has 0 saturated heterocycles. The molecule has 2 rings (SSSR count). The second-order valence-corrected chi connectivity index (χ2v) is 5.86. The normalized spacial score (nSPS) is 11.1.